The van der Waals surface area contributed by atoms with Gasteiger partial charge in [-0.25, -0.2) is 14.4 Å². The lowest BCUT2D eigenvalue weighted by Gasteiger charge is -2.07. The van der Waals surface area contributed by atoms with E-state index in [2.05, 4.69) is 27.5 Å². The number of aromatic nitrogens is 2. The minimum absolute atomic E-state index is 0.240. The lowest BCUT2D eigenvalue weighted by Crippen LogP contribution is -2.26. The van der Waals surface area contributed by atoms with Crippen molar-refractivity contribution in [2.75, 3.05) is 18.4 Å². The first kappa shape index (κ1) is 17.8. The molecule has 0 aliphatic rings. The van der Waals surface area contributed by atoms with Gasteiger partial charge in [0.2, 0.25) is 0 Å². The molecule has 0 aliphatic heterocycles. The Labute approximate surface area is 141 Å². The third kappa shape index (κ3) is 5.95. The number of hydrogen-bond acceptors (Lipinski definition) is 4. The van der Waals surface area contributed by atoms with Crippen LogP contribution in [0.15, 0.2) is 36.7 Å². The minimum Gasteiger partial charge on any atom is -0.370 e. The number of nitrogens with zero attached hydrogens (tertiary/aromatic N) is 2. The van der Waals surface area contributed by atoms with Crippen LogP contribution in [0.1, 0.15) is 42.2 Å². The fourth-order valence-electron chi connectivity index (χ4n) is 2.23. The molecule has 2 N–H and O–H groups in total. The molecule has 0 bridgehead atoms. The predicted octanol–water partition coefficient (Wildman–Crippen LogP) is 3.19. The number of halogens is 1. The maximum Gasteiger partial charge on any atom is 0.270 e. The second-order valence-corrected chi connectivity index (χ2v) is 5.55. The summed E-state index contributed by atoms with van der Waals surface area (Å²) in [5.41, 5.74) is 1.31. The van der Waals surface area contributed by atoms with E-state index in [-0.39, 0.29) is 11.7 Å². The van der Waals surface area contributed by atoms with Crippen molar-refractivity contribution in [1.29, 1.82) is 0 Å². The average Bonchev–Trinajstić information content (AvgIpc) is 2.61. The van der Waals surface area contributed by atoms with Crippen molar-refractivity contribution in [2.45, 2.75) is 32.6 Å². The topological polar surface area (TPSA) is 66.9 Å². The molecule has 0 unspecified atom stereocenters. The largest absolute Gasteiger partial charge is 0.370 e. The van der Waals surface area contributed by atoms with E-state index in [0.29, 0.717) is 24.5 Å². The van der Waals surface area contributed by atoms with Crippen molar-refractivity contribution < 1.29 is 9.18 Å². The summed E-state index contributed by atoms with van der Waals surface area (Å²) in [6, 6.07) is 7.91. The van der Waals surface area contributed by atoms with Gasteiger partial charge >= 0.3 is 0 Å². The van der Waals surface area contributed by atoms with Gasteiger partial charge in [-0.15, -0.1) is 0 Å². The Kier molecular flexibility index (Phi) is 7.14. The van der Waals surface area contributed by atoms with E-state index in [1.807, 2.05) is 0 Å². The summed E-state index contributed by atoms with van der Waals surface area (Å²) < 4.78 is 12.8. The predicted molar refractivity (Wildman–Crippen MR) is 92.5 cm³/mol. The van der Waals surface area contributed by atoms with Crippen LogP contribution < -0.4 is 10.6 Å². The fourth-order valence-corrected chi connectivity index (χ4v) is 2.23. The van der Waals surface area contributed by atoms with E-state index in [1.165, 1.54) is 18.5 Å². The monoisotopic (exact) mass is 330 g/mol. The summed E-state index contributed by atoms with van der Waals surface area (Å²) in [4.78, 5) is 20.3. The molecule has 1 heterocycles. The van der Waals surface area contributed by atoms with Crippen molar-refractivity contribution in [3.63, 3.8) is 0 Å². The minimum atomic E-state index is -0.261. The second kappa shape index (κ2) is 9.60. The van der Waals surface area contributed by atoms with Crippen LogP contribution in [0.4, 0.5) is 10.2 Å². The Morgan fingerprint density at radius 1 is 1.12 bits per heavy atom. The van der Waals surface area contributed by atoms with Crippen molar-refractivity contribution >= 4 is 11.7 Å². The summed E-state index contributed by atoms with van der Waals surface area (Å²) in [5, 5.41) is 6.01. The van der Waals surface area contributed by atoms with Crippen LogP contribution in [0.5, 0.6) is 0 Å². The highest BCUT2D eigenvalue weighted by Crippen LogP contribution is 2.06. The van der Waals surface area contributed by atoms with Crippen molar-refractivity contribution in [3.8, 4) is 0 Å². The highest BCUT2D eigenvalue weighted by Gasteiger charge is 2.08. The van der Waals surface area contributed by atoms with E-state index < -0.39 is 0 Å². The van der Waals surface area contributed by atoms with Gasteiger partial charge in [-0.3, -0.25) is 4.79 Å². The smallest absolute Gasteiger partial charge is 0.270 e. The molecule has 6 heteroatoms. The Morgan fingerprint density at radius 3 is 2.67 bits per heavy atom. The number of rotatable bonds is 9. The number of benzene rings is 1. The van der Waals surface area contributed by atoms with Gasteiger partial charge in [0.1, 0.15) is 23.7 Å². The van der Waals surface area contributed by atoms with Gasteiger partial charge in [0.25, 0.3) is 5.91 Å². The number of carbonyl (C=O) groups excluding carboxylic acids is 1. The maximum absolute atomic E-state index is 12.8. The van der Waals surface area contributed by atoms with Crippen LogP contribution in [0.2, 0.25) is 0 Å². The van der Waals surface area contributed by atoms with Crippen LogP contribution >= 0.6 is 0 Å². The van der Waals surface area contributed by atoms with Gasteiger partial charge < -0.3 is 10.6 Å². The van der Waals surface area contributed by atoms with Crippen LogP contribution in [0.3, 0.4) is 0 Å². The molecule has 2 aromatic rings. The Balaban J connectivity index is 1.80. The molecule has 1 aromatic carbocycles. The standard InChI is InChI=1S/C18H23FN4O/c1-2-3-4-10-20-17-12-16(22-13-23-17)18(24)21-11-9-14-5-7-15(19)8-6-14/h5-8,12-13H,2-4,9-11H2,1H3,(H,21,24)(H,20,22,23). The molecular weight excluding hydrogens is 307 g/mol. The van der Waals surface area contributed by atoms with Crippen LogP contribution in [-0.2, 0) is 6.42 Å². The van der Waals surface area contributed by atoms with Crippen molar-refractivity contribution in [3.05, 3.63) is 53.7 Å². The molecule has 24 heavy (non-hydrogen) atoms. The first-order valence-electron chi connectivity index (χ1n) is 8.27. The summed E-state index contributed by atoms with van der Waals surface area (Å²) in [6.45, 7) is 3.45. The highest BCUT2D eigenvalue weighted by molar-refractivity contribution is 5.92. The summed E-state index contributed by atoms with van der Waals surface area (Å²) >= 11 is 0. The van der Waals surface area contributed by atoms with Gasteiger partial charge in [-0.1, -0.05) is 31.9 Å². The Morgan fingerprint density at radius 2 is 1.92 bits per heavy atom. The Hall–Kier alpha value is -2.50. The van der Waals surface area contributed by atoms with Gasteiger partial charge in [0.15, 0.2) is 0 Å². The average molecular weight is 330 g/mol. The fraction of sp³-hybridized carbons (Fsp3) is 0.389. The van der Waals surface area contributed by atoms with Crippen LogP contribution in [0, 0.1) is 5.82 Å². The molecule has 0 aliphatic carbocycles. The molecule has 5 nitrogen and oxygen atoms in total. The zero-order valence-corrected chi connectivity index (χ0v) is 13.9. The molecular formula is C18H23FN4O. The number of anilines is 1. The molecule has 0 spiro atoms. The van der Waals surface area contributed by atoms with E-state index in [4.69, 9.17) is 0 Å². The molecule has 128 valence electrons. The molecule has 2 rings (SSSR count). The molecule has 0 saturated heterocycles. The lowest BCUT2D eigenvalue weighted by molar-refractivity contribution is 0.0949. The highest BCUT2D eigenvalue weighted by atomic mass is 19.1. The number of carbonyl (C=O) groups is 1. The van der Waals surface area contributed by atoms with E-state index in [9.17, 15) is 9.18 Å². The Bertz CT molecular complexity index is 646. The normalized spacial score (nSPS) is 10.4. The third-order valence-electron chi connectivity index (χ3n) is 3.60. The van der Waals surface area contributed by atoms with Crippen LogP contribution in [-0.4, -0.2) is 29.0 Å². The van der Waals surface area contributed by atoms with E-state index in [0.717, 1.165) is 31.4 Å². The van der Waals surface area contributed by atoms with Gasteiger partial charge in [0, 0.05) is 19.2 Å². The first-order valence-corrected chi connectivity index (χ1v) is 8.27. The molecule has 0 atom stereocenters. The quantitative estimate of drug-likeness (QED) is 0.693. The number of hydrogen-bond donors (Lipinski definition) is 2. The summed E-state index contributed by atoms with van der Waals surface area (Å²) in [7, 11) is 0. The van der Waals surface area contributed by atoms with E-state index in [1.54, 1.807) is 18.2 Å². The third-order valence-corrected chi connectivity index (χ3v) is 3.60. The first-order chi connectivity index (χ1) is 11.7. The molecule has 1 aromatic heterocycles. The number of amides is 1. The van der Waals surface area contributed by atoms with Crippen molar-refractivity contribution in [2.24, 2.45) is 0 Å². The molecule has 0 fully saturated rings. The molecule has 0 radical (unpaired) electrons. The zero-order chi connectivity index (χ0) is 17.2. The van der Waals surface area contributed by atoms with Gasteiger partial charge in [-0.2, -0.15) is 0 Å². The lowest BCUT2D eigenvalue weighted by atomic mass is 10.1. The van der Waals surface area contributed by atoms with Gasteiger partial charge in [-0.05, 0) is 30.5 Å². The van der Waals surface area contributed by atoms with Crippen LogP contribution in [0.25, 0.3) is 0 Å². The zero-order valence-electron chi connectivity index (χ0n) is 13.9. The molecule has 1 amide bonds. The SMILES string of the molecule is CCCCCNc1cc(C(=O)NCCc2ccc(F)cc2)ncn1. The number of unbranched alkanes of at least 4 members (excludes halogenated alkanes) is 2. The summed E-state index contributed by atoms with van der Waals surface area (Å²) in [6.07, 6.45) is 5.41. The van der Waals surface area contributed by atoms with Gasteiger partial charge in [0.05, 0.1) is 0 Å². The summed E-state index contributed by atoms with van der Waals surface area (Å²) in [5.74, 6) is 0.156. The second-order valence-electron chi connectivity index (χ2n) is 5.55. The number of nitrogens with one attached hydrogen (secondary N) is 2. The van der Waals surface area contributed by atoms with Crippen molar-refractivity contribution in [1.82, 2.24) is 15.3 Å². The maximum atomic E-state index is 12.8. The van der Waals surface area contributed by atoms with E-state index >= 15 is 0 Å². The molecule has 0 saturated carbocycles.